The van der Waals surface area contributed by atoms with Gasteiger partial charge in [0.15, 0.2) is 0 Å². The number of rotatable bonds is 7. The van der Waals surface area contributed by atoms with Crippen molar-refractivity contribution in [1.29, 1.82) is 0 Å². The van der Waals surface area contributed by atoms with Gasteiger partial charge in [-0.2, -0.15) is 0 Å². The molecule has 1 aliphatic heterocycles. The van der Waals surface area contributed by atoms with E-state index in [9.17, 15) is 9.59 Å². The summed E-state index contributed by atoms with van der Waals surface area (Å²) in [6.45, 7) is 5.48. The van der Waals surface area contributed by atoms with E-state index in [0.29, 0.717) is 18.9 Å². The van der Waals surface area contributed by atoms with Gasteiger partial charge in [0.25, 0.3) is 0 Å². The van der Waals surface area contributed by atoms with Gasteiger partial charge in [-0.15, -0.1) is 0 Å². The van der Waals surface area contributed by atoms with Crippen molar-refractivity contribution < 1.29 is 14.3 Å². The molecule has 3 amide bonds. The summed E-state index contributed by atoms with van der Waals surface area (Å²) in [6, 6.07) is -0.0861. The van der Waals surface area contributed by atoms with Gasteiger partial charge < -0.3 is 20.3 Å². The molecule has 5 rings (SSSR count). The first-order valence-electron chi connectivity index (χ1n) is 11.0. The van der Waals surface area contributed by atoms with Crippen LogP contribution in [0.4, 0.5) is 4.79 Å². The van der Waals surface area contributed by atoms with Crippen LogP contribution in [0, 0.1) is 23.7 Å². The van der Waals surface area contributed by atoms with Gasteiger partial charge in [-0.05, 0) is 69.6 Å². The second kappa shape index (κ2) is 7.98. The van der Waals surface area contributed by atoms with Gasteiger partial charge in [-0.3, -0.25) is 4.79 Å². The Bertz CT molecular complexity index is 524. The third kappa shape index (κ3) is 4.41. The number of hydrogen-bond acceptors (Lipinski definition) is 3. The highest BCUT2D eigenvalue weighted by Crippen LogP contribution is 2.55. The smallest absolute Gasteiger partial charge is 0.315 e. The number of carbonyl (C=O) groups excluding carboxylic acids is 2. The Balaban J connectivity index is 1.19. The van der Waals surface area contributed by atoms with E-state index in [2.05, 4.69) is 10.6 Å². The lowest BCUT2D eigenvalue weighted by molar-refractivity contribution is -0.131. The molecule has 2 N–H and O–H groups in total. The fourth-order valence-corrected chi connectivity index (χ4v) is 6.44. The summed E-state index contributed by atoms with van der Waals surface area (Å²) in [7, 11) is 0. The second-order valence-corrected chi connectivity index (χ2v) is 9.49. The number of carbonyl (C=O) groups is 2. The van der Waals surface area contributed by atoms with Crippen LogP contribution in [0.1, 0.15) is 58.3 Å². The summed E-state index contributed by atoms with van der Waals surface area (Å²) < 4.78 is 5.41. The first-order valence-corrected chi connectivity index (χ1v) is 11.0. The maximum Gasteiger partial charge on any atom is 0.315 e. The number of ether oxygens (including phenoxy) is 1. The molecule has 1 unspecified atom stereocenters. The quantitative estimate of drug-likeness (QED) is 0.716. The molecule has 4 bridgehead atoms. The molecule has 6 nitrogen and oxygen atoms in total. The molecule has 4 aliphatic carbocycles. The van der Waals surface area contributed by atoms with Gasteiger partial charge in [-0.25, -0.2) is 4.79 Å². The van der Waals surface area contributed by atoms with Crippen molar-refractivity contribution in [2.24, 2.45) is 23.7 Å². The first kappa shape index (κ1) is 19.0. The zero-order valence-corrected chi connectivity index (χ0v) is 16.7. The van der Waals surface area contributed by atoms with E-state index in [4.69, 9.17) is 4.74 Å². The largest absolute Gasteiger partial charge is 0.381 e. The van der Waals surface area contributed by atoms with Crippen molar-refractivity contribution in [3.63, 3.8) is 0 Å². The molecule has 0 radical (unpaired) electrons. The third-order valence-electron chi connectivity index (χ3n) is 7.28. The van der Waals surface area contributed by atoms with Crippen LogP contribution in [0.5, 0.6) is 0 Å². The number of amides is 3. The maximum absolute atomic E-state index is 12.5. The predicted octanol–water partition coefficient (Wildman–Crippen LogP) is 2.53. The van der Waals surface area contributed by atoms with Crippen LogP contribution in [0.25, 0.3) is 0 Å². The molecule has 0 aromatic rings. The van der Waals surface area contributed by atoms with Crippen molar-refractivity contribution in [3.05, 3.63) is 0 Å². The molecule has 5 fully saturated rings. The Kier molecular flexibility index (Phi) is 5.62. The first-order chi connectivity index (χ1) is 13.0. The number of hydrogen-bond donors (Lipinski definition) is 2. The van der Waals surface area contributed by atoms with Crippen molar-refractivity contribution in [2.75, 3.05) is 32.8 Å². The van der Waals surface area contributed by atoms with Crippen LogP contribution >= 0.6 is 0 Å². The van der Waals surface area contributed by atoms with Crippen molar-refractivity contribution in [3.8, 4) is 0 Å². The normalized spacial score (nSPS) is 36.6. The monoisotopic (exact) mass is 377 g/mol. The standard InChI is InChI=1S/C21H35N3O3/c1-2-24(13-15-4-6-27-14-15)19(25)3-5-22-20(26)23-21-10-16-7-17(11-21)9-18(8-16)12-21/h15-18H,2-14H2,1H3,(H2,22,23,26). The Morgan fingerprint density at radius 1 is 1.11 bits per heavy atom. The number of urea groups is 1. The van der Waals surface area contributed by atoms with Gasteiger partial charge in [0.2, 0.25) is 5.91 Å². The van der Waals surface area contributed by atoms with Gasteiger partial charge >= 0.3 is 6.03 Å². The molecular weight excluding hydrogens is 342 g/mol. The van der Waals surface area contributed by atoms with Crippen LogP contribution < -0.4 is 10.6 Å². The third-order valence-corrected chi connectivity index (χ3v) is 7.28. The van der Waals surface area contributed by atoms with Crippen LogP contribution in [0.2, 0.25) is 0 Å². The van der Waals surface area contributed by atoms with E-state index in [0.717, 1.165) is 69.7 Å². The summed E-state index contributed by atoms with van der Waals surface area (Å²) >= 11 is 0. The minimum atomic E-state index is -0.0861. The lowest BCUT2D eigenvalue weighted by Crippen LogP contribution is -2.61. The summed E-state index contributed by atoms with van der Waals surface area (Å²) in [5.74, 6) is 3.03. The van der Waals surface area contributed by atoms with Gasteiger partial charge in [0.05, 0.1) is 6.61 Å². The molecule has 0 spiro atoms. The molecule has 0 aromatic carbocycles. The van der Waals surface area contributed by atoms with Crippen LogP contribution in [0.15, 0.2) is 0 Å². The van der Waals surface area contributed by atoms with Crippen LogP contribution in [-0.4, -0.2) is 55.2 Å². The van der Waals surface area contributed by atoms with E-state index < -0.39 is 0 Å². The van der Waals surface area contributed by atoms with Crippen molar-refractivity contribution in [2.45, 2.75) is 63.8 Å². The summed E-state index contributed by atoms with van der Waals surface area (Å²) in [5.41, 5.74) is 0.0285. The topological polar surface area (TPSA) is 70.7 Å². The number of nitrogens with zero attached hydrogens (tertiary/aromatic N) is 1. The average molecular weight is 378 g/mol. The van der Waals surface area contributed by atoms with Gasteiger partial charge in [0, 0.05) is 44.1 Å². The van der Waals surface area contributed by atoms with Gasteiger partial charge in [0.1, 0.15) is 0 Å². The zero-order valence-electron chi connectivity index (χ0n) is 16.7. The molecule has 1 saturated heterocycles. The highest BCUT2D eigenvalue weighted by Gasteiger charge is 2.51. The molecule has 4 saturated carbocycles. The van der Waals surface area contributed by atoms with Gasteiger partial charge in [-0.1, -0.05) is 0 Å². The Labute approximate surface area is 162 Å². The fraction of sp³-hybridized carbons (Fsp3) is 0.905. The number of nitrogens with one attached hydrogen (secondary N) is 2. The Hall–Kier alpha value is -1.30. The van der Waals surface area contributed by atoms with Crippen molar-refractivity contribution >= 4 is 11.9 Å². The second-order valence-electron chi connectivity index (χ2n) is 9.49. The fourth-order valence-electron chi connectivity index (χ4n) is 6.44. The molecule has 152 valence electrons. The minimum absolute atomic E-state index is 0.0285. The van der Waals surface area contributed by atoms with E-state index in [1.807, 2.05) is 11.8 Å². The summed E-state index contributed by atoms with van der Waals surface area (Å²) in [5, 5.41) is 6.25. The van der Waals surface area contributed by atoms with E-state index in [1.165, 1.54) is 19.3 Å². The lowest BCUT2D eigenvalue weighted by Gasteiger charge is -2.56. The average Bonchev–Trinajstić information content (AvgIpc) is 3.11. The van der Waals surface area contributed by atoms with E-state index in [-0.39, 0.29) is 17.5 Å². The SMILES string of the molecule is CCN(CC1CCOC1)C(=O)CCNC(=O)NC12CC3CC(CC(C3)C1)C2. The Morgan fingerprint density at radius 2 is 1.78 bits per heavy atom. The Morgan fingerprint density at radius 3 is 2.33 bits per heavy atom. The molecule has 27 heavy (non-hydrogen) atoms. The minimum Gasteiger partial charge on any atom is -0.381 e. The summed E-state index contributed by atoms with van der Waals surface area (Å²) in [4.78, 5) is 26.8. The molecular formula is C21H35N3O3. The molecule has 6 heteroatoms. The van der Waals surface area contributed by atoms with E-state index >= 15 is 0 Å². The molecule has 5 aliphatic rings. The van der Waals surface area contributed by atoms with Crippen LogP contribution in [0.3, 0.4) is 0 Å². The lowest BCUT2D eigenvalue weighted by atomic mass is 9.53. The highest BCUT2D eigenvalue weighted by atomic mass is 16.5. The maximum atomic E-state index is 12.5. The highest BCUT2D eigenvalue weighted by molar-refractivity contribution is 5.78. The molecule has 1 heterocycles. The molecule has 1 atom stereocenters. The van der Waals surface area contributed by atoms with Crippen LogP contribution in [-0.2, 0) is 9.53 Å². The van der Waals surface area contributed by atoms with E-state index in [1.54, 1.807) is 0 Å². The van der Waals surface area contributed by atoms with Crippen molar-refractivity contribution in [1.82, 2.24) is 15.5 Å². The zero-order chi connectivity index (χ0) is 18.9. The molecule has 0 aromatic heterocycles. The predicted molar refractivity (Wildman–Crippen MR) is 103 cm³/mol. The summed E-state index contributed by atoms with van der Waals surface area (Å²) in [6.07, 6.45) is 8.97.